The summed E-state index contributed by atoms with van der Waals surface area (Å²) in [6, 6.07) is 5.67. The highest BCUT2D eigenvalue weighted by atomic mass is 19.1. The molecule has 0 radical (unpaired) electrons. The van der Waals surface area contributed by atoms with Crippen LogP contribution in [0.25, 0.3) is 0 Å². The van der Waals surface area contributed by atoms with Gasteiger partial charge in [0, 0.05) is 6.42 Å². The van der Waals surface area contributed by atoms with Gasteiger partial charge in [-0.25, -0.2) is 9.18 Å². The van der Waals surface area contributed by atoms with Crippen LogP contribution in [-0.2, 0) is 25.6 Å². The standard InChI is InChI=1S/C14H15FO5/c1-14(6-7-18-13(17)20-14)8-12(16)19-9-10-2-4-11(15)5-3-10/h2-5H,6-9H2,1H3. The van der Waals surface area contributed by atoms with Crippen molar-refractivity contribution in [2.75, 3.05) is 6.61 Å². The van der Waals surface area contributed by atoms with E-state index in [1.807, 2.05) is 0 Å². The van der Waals surface area contributed by atoms with E-state index in [-0.39, 0.29) is 25.5 Å². The first-order valence-electron chi connectivity index (χ1n) is 6.23. The van der Waals surface area contributed by atoms with Crippen molar-refractivity contribution in [3.8, 4) is 0 Å². The second-order valence-corrected chi connectivity index (χ2v) is 4.86. The van der Waals surface area contributed by atoms with E-state index >= 15 is 0 Å². The molecule has 1 unspecified atom stereocenters. The summed E-state index contributed by atoms with van der Waals surface area (Å²) >= 11 is 0. The molecule has 0 saturated carbocycles. The maximum Gasteiger partial charge on any atom is 0.508 e. The molecule has 1 aliphatic rings. The minimum Gasteiger partial charge on any atom is -0.461 e. The molecule has 2 rings (SSSR count). The Labute approximate surface area is 115 Å². The first-order valence-corrected chi connectivity index (χ1v) is 6.23. The van der Waals surface area contributed by atoms with Crippen LogP contribution >= 0.6 is 0 Å². The number of benzene rings is 1. The molecule has 6 heteroatoms. The number of carbonyl (C=O) groups excluding carboxylic acids is 2. The fourth-order valence-corrected chi connectivity index (χ4v) is 1.86. The van der Waals surface area contributed by atoms with Gasteiger partial charge in [-0.3, -0.25) is 4.79 Å². The van der Waals surface area contributed by atoms with Crippen molar-refractivity contribution in [2.24, 2.45) is 0 Å². The average Bonchev–Trinajstić information content (AvgIpc) is 2.37. The van der Waals surface area contributed by atoms with E-state index in [2.05, 4.69) is 4.74 Å². The van der Waals surface area contributed by atoms with E-state index in [9.17, 15) is 14.0 Å². The van der Waals surface area contributed by atoms with Gasteiger partial charge in [0.2, 0.25) is 0 Å². The van der Waals surface area contributed by atoms with Crippen molar-refractivity contribution in [1.82, 2.24) is 0 Å². The van der Waals surface area contributed by atoms with Gasteiger partial charge >= 0.3 is 12.1 Å². The second kappa shape index (κ2) is 5.90. The predicted octanol–water partition coefficient (Wildman–Crippen LogP) is 2.57. The summed E-state index contributed by atoms with van der Waals surface area (Å²) in [6.45, 7) is 1.94. The number of hydrogen-bond acceptors (Lipinski definition) is 5. The Morgan fingerprint density at radius 2 is 2.10 bits per heavy atom. The Morgan fingerprint density at radius 3 is 2.75 bits per heavy atom. The number of esters is 1. The van der Waals surface area contributed by atoms with Crippen molar-refractivity contribution in [2.45, 2.75) is 32.0 Å². The minimum absolute atomic E-state index is 0.0384. The van der Waals surface area contributed by atoms with E-state index in [0.29, 0.717) is 12.0 Å². The minimum atomic E-state index is -0.894. The summed E-state index contributed by atoms with van der Waals surface area (Å²) in [5.74, 6) is -0.826. The van der Waals surface area contributed by atoms with Crippen LogP contribution < -0.4 is 0 Å². The van der Waals surface area contributed by atoms with Gasteiger partial charge in [0.05, 0.1) is 13.0 Å². The zero-order chi connectivity index (χ0) is 14.6. The van der Waals surface area contributed by atoms with Gasteiger partial charge < -0.3 is 14.2 Å². The van der Waals surface area contributed by atoms with Crippen molar-refractivity contribution >= 4 is 12.1 Å². The number of halogens is 1. The third-order valence-electron chi connectivity index (χ3n) is 3.01. The fraction of sp³-hybridized carbons (Fsp3) is 0.429. The van der Waals surface area contributed by atoms with Crippen LogP contribution in [0.3, 0.4) is 0 Å². The van der Waals surface area contributed by atoms with Gasteiger partial charge in [-0.1, -0.05) is 12.1 Å². The summed E-state index contributed by atoms with van der Waals surface area (Å²) in [7, 11) is 0. The maximum atomic E-state index is 12.7. The SMILES string of the molecule is CC1(CC(=O)OCc2ccc(F)cc2)CCOC(=O)O1. The zero-order valence-electron chi connectivity index (χ0n) is 11.1. The van der Waals surface area contributed by atoms with Crippen LogP contribution in [0.4, 0.5) is 9.18 Å². The first kappa shape index (κ1) is 14.3. The molecule has 0 N–H and O–H groups in total. The Balaban J connectivity index is 1.83. The normalized spacial score (nSPS) is 21.8. The zero-order valence-corrected chi connectivity index (χ0v) is 11.1. The van der Waals surface area contributed by atoms with Gasteiger partial charge in [-0.15, -0.1) is 0 Å². The molecule has 1 saturated heterocycles. The lowest BCUT2D eigenvalue weighted by atomic mass is 9.98. The molecular weight excluding hydrogens is 267 g/mol. The van der Waals surface area contributed by atoms with E-state index in [1.165, 1.54) is 12.1 Å². The Kier molecular flexibility index (Phi) is 4.22. The quantitative estimate of drug-likeness (QED) is 0.794. The predicted molar refractivity (Wildman–Crippen MR) is 66.3 cm³/mol. The monoisotopic (exact) mass is 282 g/mol. The molecule has 1 heterocycles. The van der Waals surface area contributed by atoms with Gasteiger partial charge in [0.25, 0.3) is 0 Å². The lowest BCUT2D eigenvalue weighted by molar-refractivity contribution is -0.154. The Bertz CT molecular complexity index is 499. The number of ether oxygens (including phenoxy) is 3. The van der Waals surface area contributed by atoms with Gasteiger partial charge in [0.15, 0.2) is 0 Å². The molecule has 1 aliphatic heterocycles. The molecule has 0 amide bonds. The van der Waals surface area contributed by atoms with Crippen molar-refractivity contribution in [1.29, 1.82) is 0 Å². The molecule has 20 heavy (non-hydrogen) atoms. The average molecular weight is 282 g/mol. The molecular formula is C14H15FO5. The van der Waals surface area contributed by atoms with Crippen molar-refractivity contribution < 1.29 is 28.2 Å². The Morgan fingerprint density at radius 1 is 1.40 bits per heavy atom. The molecule has 1 fully saturated rings. The van der Waals surface area contributed by atoms with Crippen LogP contribution in [0.15, 0.2) is 24.3 Å². The molecule has 0 spiro atoms. The second-order valence-electron chi connectivity index (χ2n) is 4.86. The smallest absolute Gasteiger partial charge is 0.461 e. The molecule has 108 valence electrons. The third-order valence-corrected chi connectivity index (χ3v) is 3.01. The molecule has 1 atom stereocenters. The molecule has 0 aliphatic carbocycles. The fourth-order valence-electron chi connectivity index (χ4n) is 1.86. The number of carbonyl (C=O) groups is 2. The van der Waals surface area contributed by atoms with E-state index in [1.54, 1.807) is 19.1 Å². The summed E-state index contributed by atoms with van der Waals surface area (Å²) < 4.78 is 27.4. The summed E-state index contributed by atoms with van der Waals surface area (Å²) in [5.41, 5.74) is -0.205. The van der Waals surface area contributed by atoms with Crippen LogP contribution in [0.5, 0.6) is 0 Å². The topological polar surface area (TPSA) is 61.8 Å². The molecule has 0 aromatic heterocycles. The van der Waals surface area contributed by atoms with E-state index < -0.39 is 17.7 Å². The number of hydrogen-bond donors (Lipinski definition) is 0. The van der Waals surface area contributed by atoms with Crippen molar-refractivity contribution in [3.05, 3.63) is 35.6 Å². The van der Waals surface area contributed by atoms with Gasteiger partial charge in [0.1, 0.15) is 18.0 Å². The number of cyclic esters (lactones) is 2. The molecule has 1 aromatic carbocycles. The lowest BCUT2D eigenvalue weighted by Crippen LogP contribution is -2.40. The van der Waals surface area contributed by atoms with Gasteiger partial charge in [-0.05, 0) is 24.6 Å². The summed E-state index contributed by atoms with van der Waals surface area (Å²) in [4.78, 5) is 22.8. The number of rotatable bonds is 4. The molecule has 1 aromatic rings. The summed E-state index contributed by atoms with van der Waals surface area (Å²) in [5, 5.41) is 0. The van der Waals surface area contributed by atoms with E-state index in [0.717, 1.165) is 0 Å². The highest BCUT2D eigenvalue weighted by molar-refractivity contribution is 5.72. The van der Waals surface area contributed by atoms with Crippen molar-refractivity contribution in [3.63, 3.8) is 0 Å². The van der Waals surface area contributed by atoms with Crippen LogP contribution in [-0.4, -0.2) is 24.3 Å². The summed E-state index contributed by atoms with van der Waals surface area (Å²) in [6.07, 6.45) is -0.377. The largest absolute Gasteiger partial charge is 0.508 e. The maximum absolute atomic E-state index is 12.7. The lowest BCUT2D eigenvalue weighted by Gasteiger charge is -2.31. The van der Waals surface area contributed by atoms with Crippen LogP contribution in [0.1, 0.15) is 25.3 Å². The molecule has 5 nitrogen and oxygen atoms in total. The van der Waals surface area contributed by atoms with Crippen LogP contribution in [0.2, 0.25) is 0 Å². The highest BCUT2D eigenvalue weighted by Crippen LogP contribution is 2.25. The van der Waals surface area contributed by atoms with E-state index in [4.69, 9.17) is 9.47 Å². The first-order chi connectivity index (χ1) is 9.47. The van der Waals surface area contributed by atoms with Gasteiger partial charge in [-0.2, -0.15) is 0 Å². The highest BCUT2D eigenvalue weighted by Gasteiger charge is 2.36. The van der Waals surface area contributed by atoms with Crippen LogP contribution in [0, 0.1) is 5.82 Å². The third kappa shape index (κ3) is 3.94. The molecule has 0 bridgehead atoms. The Hall–Kier alpha value is -2.11.